The Morgan fingerprint density at radius 3 is 2.60 bits per heavy atom. The molecule has 0 aliphatic rings. The number of alkyl halides is 3. The van der Waals surface area contributed by atoms with Gasteiger partial charge in [-0.1, -0.05) is 0 Å². The Kier molecular flexibility index (Phi) is 3.56. The predicted octanol–water partition coefficient (Wildman–Crippen LogP) is 2.05. The van der Waals surface area contributed by atoms with Crippen LogP contribution in [-0.2, 0) is 19.8 Å². The highest BCUT2D eigenvalue weighted by Crippen LogP contribution is 2.32. The molecule has 2 rings (SSSR count). The summed E-state index contributed by atoms with van der Waals surface area (Å²) in [4.78, 5) is 4.94. The van der Waals surface area contributed by atoms with Crippen molar-refractivity contribution in [1.29, 1.82) is 0 Å². The fourth-order valence-electron chi connectivity index (χ4n) is 1.85. The van der Waals surface area contributed by atoms with E-state index in [4.69, 9.17) is 5.73 Å². The van der Waals surface area contributed by atoms with Crippen molar-refractivity contribution >= 4 is 11.4 Å². The van der Waals surface area contributed by atoms with Crippen LogP contribution in [0.15, 0.2) is 24.7 Å². The van der Waals surface area contributed by atoms with E-state index >= 15 is 0 Å². The van der Waals surface area contributed by atoms with E-state index in [2.05, 4.69) is 10.1 Å². The lowest BCUT2D eigenvalue weighted by Gasteiger charge is -2.21. The van der Waals surface area contributed by atoms with Gasteiger partial charge in [-0.05, 0) is 6.07 Å². The highest BCUT2D eigenvalue weighted by molar-refractivity contribution is 5.66. The highest BCUT2D eigenvalue weighted by Gasteiger charge is 2.33. The Morgan fingerprint density at radius 2 is 2.05 bits per heavy atom. The maximum absolute atomic E-state index is 12.7. The van der Waals surface area contributed by atoms with Crippen LogP contribution in [0.3, 0.4) is 0 Å². The van der Waals surface area contributed by atoms with E-state index in [0.717, 1.165) is 17.8 Å². The number of halogens is 3. The Morgan fingerprint density at radius 1 is 1.35 bits per heavy atom. The molecule has 0 fully saturated rings. The van der Waals surface area contributed by atoms with Crippen LogP contribution in [0.1, 0.15) is 11.3 Å². The van der Waals surface area contributed by atoms with Crippen LogP contribution in [0, 0.1) is 0 Å². The molecule has 0 spiro atoms. The smallest absolute Gasteiger partial charge is 0.396 e. The van der Waals surface area contributed by atoms with Crippen molar-refractivity contribution in [2.75, 3.05) is 17.7 Å². The zero-order valence-electron chi connectivity index (χ0n) is 11.0. The van der Waals surface area contributed by atoms with Crippen molar-refractivity contribution in [3.8, 4) is 0 Å². The van der Waals surface area contributed by atoms with Gasteiger partial charge in [0.15, 0.2) is 0 Å². The Labute approximate surface area is 113 Å². The van der Waals surface area contributed by atoms with Gasteiger partial charge in [0, 0.05) is 32.4 Å². The molecule has 0 aliphatic heterocycles. The third-order valence-electron chi connectivity index (χ3n) is 2.79. The quantitative estimate of drug-likeness (QED) is 0.937. The summed E-state index contributed by atoms with van der Waals surface area (Å²) in [6, 6.07) is 0.950. The molecular formula is C12H14F3N5. The number of rotatable bonds is 3. The van der Waals surface area contributed by atoms with Crippen LogP contribution in [0.2, 0.25) is 0 Å². The van der Waals surface area contributed by atoms with Gasteiger partial charge >= 0.3 is 6.18 Å². The van der Waals surface area contributed by atoms with Gasteiger partial charge in [0.1, 0.15) is 5.69 Å². The zero-order valence-corrected chi connectivity index (χ0v) is 11.0. The van der Waals surface area contributed by atoms with Crippen molar-refractivity contribution in [3.05, 3.63) is 35.9 Å². The highest BCUT2D eigenvalue weighted by atomic mass is 19.4. The molecule has 0 atom stereocenters. The summed E-state index contributed by atoms with van der Waals surface area (Å²) in [5.74, 6) is 0. The monoisotopic (exact) mass is 285 g/mol. The van der Waals surface area contributed by atoms with E-state index in [-0.39, 0.29) is 11.4 Å². The van der Waals surface area contributed by atoms with Crippen LogP contribution in [-0.4, -0.2) is 21.8 Å². The second-order valence-corrected chi connectivity index (χ2v) is 4.50. The number of anilines is 2. The van der Waals surface area contributed by atoms with Gasteiger partial charge in [-0.2, -0.15) is 18.3 Å². The van der Waals surface area contributed by atoms with E-state index in [1.165, 1.54) is 0 Å². The molecule has 5 nitrogen and oxygen atoms in total. The van der Waals surface area contributed by atoms with E-state index in [1.807, 2.05) is 0 Å². The zero-order chi connectivity index (χ0) is 14.9. The normalized spacial score (nSPS) is 11.7. The molecule has 0 radical (unpaired) electrons. The van der Waals surface area contributed by atoms with Gasteiger partial charge in [0.2, 0.25) is 0 Å². The Bertz CT molecular complexity index is 605. The lowest BCUT2D eigenvalue weighted by Crippen LogP contribution is -2.19. The summed E-state index contributed by atoms with van der Waals surface area (Å²) in [6.07, 6.45) is -0.0212. The van der Waals surface area contributed by atoms with Gasteiger partial charge in [-0.3, -0.25) is 4.68 Å². The first-order valence-electron chi connectivity index (χ1n) is 5.79. The summed E-state index contributed by atoms with van der Waals surface area (Å²) in [5.41, 5.74) is 6.10. The molecule has 0 amide bonds. The first-order valence-corrected chi connectivity index (χ1v) is 5.79. The maximum Gasteiger partial charge on any atom is 0.433 e. The van der Waals surface area contributed by atoms with Crippen LogP contribution >= 0.6 is 0 Å². The molecule has 0 saturated carbocycles. The molecule has 0 saturated heterocycles. The van der Waals surface area contributed by atoms with Crippen LogP contribution < -0.4 is 10.6 Å². The lowest BCUT2D eigenvalue weighted by molar-refractivity contribution is -0.141. The topological polar surface area (TPSA) is 60.0 Å². The molecule has 0 bridgehead atoms. The third-order valence-corrected chi connectivity index (χ3v) is 2.79. The van der Waals surface area contributed by atoms with Gasteiger partial charge in [-0.25, -0.2) is 4.98 Å². The number of nitrogens with zero attached hydrogens (tertiary/aromatic N) is 4. The van der Waals surface area contributed by atoms with Crippen LogP contribution in [0.4, 0.5) is 24.5 Å². The average Bonchev–Trinajstić information content (AvgIpc) is 2.73. The molecule has 0 aromatic carbocycles. The SMILES string of the molecule is CN(Cc1cnn(C)c1)c1cc(C(F)(F)F)ncc1N. The van der Waals surface area contributed by atoms with Crippen molar-refractivity contribution in [1.82, 2.24) is 14.8 Å². The molecule has 0 aliphatic carbocycles. The van der Waals surface area contributed by atoms with E-state index in [9.17, 15) is 13.2 Å². The molecule has 8 heteroatoms. The number of pyridine rings is 1. The summed E-state index contributed by atoms with van der Waals surface area (Å²) in [5, 5.41) is 4.01. The number of nitrogen functional groups attached to an aromatic ring is 1. The second-order valence-electron chi connectivity index (χ2n) is 4.50. The molecule has 2 heterocycles. The van der Waals surface area contributed by atoms with E-state index < -0.39 is 11.9 Å². The van der Waals surface area contributed by atoms with E-state index in [1.54, 1.807) is 36.1 Å². The average molecular weight is 285 g/mol. The van der Waals surface area contributed by atoms with Crippen molar-refractivity contribution in [2.45, 2.75) is 12.7 Å². The molecular weight excluding hydrogens is 271 g/mol. The number of nitrogens with two attached hydrogens (primary N) is 1. The molecule has 2 N–H and O–H groups in total. The first-order chi connectivity index (χ1) is 9.27. The minimum Gasteiger partial charge on any atom is -0.396 e. The number of hydrogen-bond donors (Lipinski definition) is 1. The number of hydrogen-bond acceptors (Lipinski definition) is 4. The Balaban J connectivity index is 2.27. The number of aromatic nitrogens is 3. The third kappa shape index (κ3) is 3.01. The summed E-state index contributed by atoms with van der Waals surface area (Å²) >= 11 is 0. The summed E-state index contributed by atoms with van der Waals surface area (Å²) in [7, 11) is 3.44. The second kappa shape index (κ2) is 5.03. The molecule has 20 heavy (non-hydrogen) atoms. The van der Waals surface area contributed by atoms with Crippen LogP contribution in [0.5, 0.6) is 0 Å². The Hall–Kier alpha value is -2.25. The lowest BCUT2D eigenvalue weighted by atomic mass is 10.2. The molecule has 108 valence electrons. The van der Waals surface area contributed by atoms with Gasteiger partial charge in [-0.15, -0.1) is 0 Å². The first kappa shape index (κ1) is 14.2. The predicted molar refractivity (Wildman–Crippen MR) is 69.0 cm³/mol. The fourth-order valence-corrected chi connectivity index (χ4v) is 1.85. The fraction of sp³-hybridized carbons (Fsp3) is 0.333. The number of aryl methyl sites for hydroxylation is 1. The molecule has 2 aromatic heterocycles. The van der Waals surface area contributed by atoms with Gasteiger partial charge < -0.3 is 10.6 Å². The maximum atomic E-state index is 12.7. The summed E-state index contributed by atoms with van der Waals surface area (Å²) in [6.45, 7) is 0.402. The van der Waals surface area contributed by atoms with Gasteiger partial charge in [0.25, 0.3) is 0 Å². The van der Waals surface area contributed by atoms with Crippen molar-refractivity contribution < 1.29 is 13.2 Å². The summed E-state index contributed by atoms with van der Waals surface area (Å²) < 4.78 is 39.6. The minimum absolute atomic E-state index is 0.199. The van der Waals surface area contributed by atoms with Crippen molar-refractivity contribution in [2.24, 2.45) is 7.05 Å². The van der Waals surface area contributed by atoms with E-state index in [0.29, 0.717) is 6.54 Å². The standard InChI is InChI=1S/C12H14F3N5/c1-19(6-8-4-18-20(2)7-8)10-3-11(12(13,14)15)17-5-9(10)16/h3-5,7H,6,16H2,1-2H3. The van der Waals surface area contributed by atoms with Crippen LogP contribution in [0.25, 0.3) is 0 Å². The van der Waals surface area contributed by atoms with Crippen molar-refractivity contribution in [3.63, 3.8) is 0 Å². The molecule has 2 aromatic rings. The van der Waals surface area contributed by atoms with Gasteiger partial charge in [0.05, 0.1) is 23.8 Å². The minimum atomic E-state index is -4.49. The largest absolute Gasteiger partial charge is 0.433 e. The molecule has 0 unspecified atom stereocenters.